The summed E-state index contributed by atoms with van der Waals surface area (Å²) in [6, 6.07) is 41.1. The summed E-state index contributed by atoms with van der Waals surface area (Å²) in [6.45, 7) is 4.64. The molecule has 1 aliphatic rings. The number of hydrogen-bond donors (Lipinski definition) is 0. The third-order valence-corrected chi connectivity index (χ3v) is 10.1. The molecule has 0 spiro atoms. The monoisotopic (exact) mass is 551 g/mol. The summed E-state index contributed by atoms with van der Waals surface area (Å²) >= 11 is 3.45. The average molecular weight is 552 g/mol. The molecule has 0 N–H and O–H groups in total. The van der Waals surface area contributed by atoms with Crippen LogP contribution in [0.25, 0.3) is 41.6 Å². The molecular weight excluding hydrogens is 527 g/mol. The SMILES string of the molecule is CC1(C)c2ccccc2N(c2ccc(-c3nc4cc5sc(-c6ccccc6)nc5cc4s3)cc2)c2ccccc21. The Balaban J connectivity index is 1.17. The summed E-state index contributed by atoms with van der Waals surface area (Å²) in [6.07, 6.45) is 0. The lowest BCUT2D eigenvalue weighted by atomic mass is 9.73. The van der Waals surface area contributed by atoms with Crippen LogP contribution < -0.4 is 4.90 Å². The minimum atomic E-state index is -0.0604. The highest BCUT2D eigenvalue weighted by Crippen LogP contribution is 2.51. The number of benzene rings is 5. The maximum absolute atomic E-state index is 5.03. The molecule has 8 rings (SSSR count). The first kappa shape index (κ1) is 23.6. The zero-order valence-corrected chi connectivity index (χ0v) is 23.8. The fraction of sp³-hybridized carbons (Fsp3) is 0.0857. The second-order valence-corrected chi connectivity index (χ2v) is 12.8. The molecule has 7 aromatic rings. The molecule has 3 heterocycles. The summed E-state index contributed by atoms with van der Waals surface area (Å²) in [5, 5.41) is 2.08. The van der Waals surface area contributed by atoms with Gasteiger partial charge in [-0.25, -0.2) is 9.97 Å². The van der Waals surface area contributed by atoms with E-state index in [1.54, 1.807) is 22.7 Å². The Morgan fingerprint density at radius 1 is 0.550 bits per heavy atom. The van der Waals surface area contributed by atoms with Crippen molar-refractivity contribution in [2.75, 3.05) is 4.90 Å². The normalized spacial score (nSPS) is 13.9. The predicted molar refractivity (Wildman–Crippen MR) is 170 cm³/mol. The van der Waals surface area contributed by atoms with Crippen LogP contribution in [0.2, 0.25) is 0 Å². The molecule has 3 nitrogen and oxygen atoms in total. The molecule has 0 radical (unpaired) electrons. The Morgan fingerprint density at radius 2 is 1.02 bits per heavy atom. The van der Waals surface area contributed by atoms with Crippen LogP contribution in [-0.4, -0.2) is 9.97 Å². The van der Waals surface area contributed by atoms with Gasteiger partial charge in [-0.05, 0) is 59.7 Å². The van der Waals surface area contributed by atoms with E-state index in [2.05, 4.69) is 128 Å². The van der Waals surface area contributed by atoms with Gasteiger partial charge in [0.2, 0.25) is 0 Å². The van der Waals surface area contributed by atoms with Gasteiger partial charge in [-0.1, -0.05) is 80.6 Å². The largest absolute Gasteiger partial charge is 0.310 e. The van der Waals surface area contributed by atoms with Gasteiger partial charge in [0.1, 0.15) is 10.0 Å². The molecule has 0 amide bonds. The van der Waals surface area contributed by atoms with Crippen LogP contribution in [-0.2, 0) is 5.41 Å². The van der Waals surface area contributed by atoms with Crippen LogP contribution in [0.3, 0.4) is 0 Å². The van der Waals surface area contributed by atoms with Crippen molar-refractivity contribution >= 4 is 60.2 Å². The molecule has 0 bridgehead atoms. The Kier molecular flexibility index (Phi) is 5.21. The second kappa shape index (κ2) is 8.85. The Morgan fingerprint density at radius 3 is 1.57 bits per heavy atom. The topological polar surface area (TPSA) is 29.0 Å². The Labute approximate surface area is 241 Å². The van der Waals surface area contributed by atoms with Crippen LogP contribution in [0, 0.1) is 0 Å². The molecule has 0 saturated heterocycles. The summed E-state index contributed by atoms with van der Waals surface area (Å²) in [7, 11) is 0. The third kappa shape index (κ3) is 3.62. The van der Waals surface area contributed by atoms with Crippen molar-refractivity contribution in [3.8, 4) is 21.1 Å². The first-order valence-corrected chi connectivity index (χ1v) is 15.1. The van der Waals surface area contributed by atoms with Crippen molar-refractivity contribution in [3.05, 3.63) is 126 Å². The number of thiazole rings is 2. The highest BCUT2D eigenvalue weighted by Gasteiger charge is 2.36. The van der Waals surface area contributed by atoms with Gasteiger partial charge in [-0.15, -0.1) is 22.7 Å². The van der Waals surface area contributed by atoms with Gasteiger partial charge in [0.15, 0.2) is 0 Å². The van der Waals surface area contributed by atoms with Crippen molar-refractivity contribution in [2.24, 2.45) is 0 Å². The van der Waals surface area contributed by atoms with Crippen molar-refractivity contribution in [2.45, 2.75) is 19.3 Å². The third-order valence-electron chi connectivity index (χ3n) is 7.93. The van der Waals surface area contributed by atoms with E-state index in [-0.39, 0.29) is 5.41 Å². The average Bonchev–Trinajstić information content (AvgIpc) is 3.60. The molecule has 0 saturated carbocycles. The smallest absolute Gasteiger partial charge is 0.124 e. The molecule has 5 aromatic carbocycles. The molecule has 5 heteroatoms. The molecule has 192 valence electrons. The van der Waals surface area contributed by atoms with E-state index >= 15 is 0 Å². The molecule has 0 fully saturated rings. The number of fused-ring (bicyclic) bond motifs is 4. The zero-order valence-electron chi connectivity index (χ0n) is 22.1. The first-order valence-electron chi connectivity index (χ1n) is 13.4. The standard InChI is InChI=1S/C35H25N3S2/c1-35(2)25-12-6-8-14-29(25)38(30-15-9-7-13-26(30)35)24-18-16-23(17-19-24)34-37-28-21-31-27(20-32(28)40-34)36-33(39-31)22-10-4-3-5-11-22/h3-21H,1-2H3. The van der Waals surface area contributed by atoms with E-state index in [0.29, 0.717) is 0 Å². The number of para-hydroxylation sites is 2. The van der Waals surface area contributed by atoms with E-state index < -0.39 is 0 Å². The van der Waals surface area contributed by atoms with E-state index in [9.17, 15) is 0 Å². The lowest BCUT2D eigenvalue weighted by Gasteiger charge is -2.42. The number of nitrogens with zero attached hydrogens (tertiary/aromatic N) is 3. The lowest BCUT2D eigenvalue weighted by Crippen LogP contribution is -2.30. The first-order chi connectivity index (χ1) is 19.6. The maximum atomic E-state index is 5.03. The molecule has 1 aliphatic heterocycles. The zero-order chi connectivity index (χ0) is 26.8. The van der Waals surface area contributed by atoms with Gasteiger partial charge in [0.05, 0.1) is 31.8 Å². The molecule has 2 aromatic heterocycles. The minimum absolute atomic E-state index is 0.0604. The van der Waals surface area contributed by atoms with Gasteiger partial charge >= 0.3 is 0 Å². The van der Waals surface area contributed by atoms with E-state index in [1.807, 2.05) is 6.07 Å². The fourth-order valence-electron chi connectivity index (χ4n) is 5.88. The second-order valence-electron chi connectivity index (χ2n) is 10.7. The van der Waals surface area contributed by atoms with Gasteiger partial charge < -0.3 is 4.90 Å². The van der Waals surface area contributed by atoms with E-state index in [0.717, 1.165) is 42.6 Å². The number of hydrogen-bond acceptors (Lipinski definition) is 5. The van der Waals surface area contributed by atoms with Gasteiger partial charge in [-0.3, -0.25) is 0 Å². The van der Waals surface area contributed by atoms with E-state index in [4.69, 9.17) is 9.97 Å². The summed E-state index contributed by atoms with van der Waals surface area (Å²) in [5.74, 6) is 0. The molecule has 40 heavy (non-hydrogen) atoms. The molecule has 0 atom stereocenters. The Bertz CT molecular complexity index is 1930. The van der Waals surface area contributed by atoms with E-state index in [1.165, 1.54) is 27.2 Å². The van der Waals surface area contributed by atoms with Crippen LogP contribution in [0.15, 0.2) is 115 Å². The van der Waals surface area contributed by atoms with Crippen molar-refractivity contribution in [1.29, 1.82) is 0 Å². The number of rotatable bonds is 3. The summed E-state index contributed by atoms with van der Waals surface area (Å²) in [4.78, 5) is 12.3. The maximum Gasteiger partial charge on any atom is 0.124 e. The highest BCUT2D eigenvalue weighted by molar-refractivity contribution is 7.23. The number of anilines is 3. The Hall–Kier alpha value is -4.32. The quantitative estimate of drug-likeness (QED) is 0.219. The van der Waals surface area contributed by atoms with Gasteiger partial charge in [-0.2, -0.15) is 0 Å². The number of aromatic nitrogens is 2. The van der Waals surface area contributed by atoms with Gasteiger partial charge in [0, 0.05) is 22.2 Å². The summed E-state index contributed by atoms with van der Waals surface area (Å²) in [5.41, 5.74) is 10.6. The van der Waals surface area contributed by atoms with Crippen LogP contribution in [0.5, 0.6) is 0 Å². The van der Waals surface area contributed by atoms with Crippen molar-refractivity contribution < 1.29 is 0 Å². The van der Waals surface area contributed by atoms with Crippen LogP contribution >= 0.6 is 22.7 Å². The van der Waals surface area contributed by atoms with Crippen molar-refractivity contribution in [1.82, 2.24) is 9.97 Å². The fourth-order valence-corrected chi connectivity index (χ4v) is 7.85. The van der Waals surface area contributed by atoms with Crippen LogP contribution in [0.1, 0.15) is 25.0 Å². The molecule has 0 unspecified atom stereocenters. The van der Waals surface area contributed by atoms with Gasteiger partial charge in [0.25, 0.3) is 0 Å². The predicted octanol–water partition coefficient (Wildman–Crippen LogP) is 10.3. The lowest BCUT2D eigenvalue weighted by molar-refractivity contribution is 0.632. The minimum Gasteiger partial charge on any atom is -0.310 e. The summed E-state index contributed by atoms with van der Waals surface area (Å²) < 4.78 is 2.33. The molecule has 0 aliphatic carbocycles. The van der Waals surface area contributed by atoms with Crippen molar-refractivity contribution in [3.63, 3.8) is 0 Å². The van der Waals surface area contributed by atoms with Crippen LogP contribution in [0.4, 0.5) is 17.1 Å². The highest BCUT2D eigenvalue weighted by atomic mass is 32.1. The molecular formula is C35H25N3S2.